The van der Waals surface area contributed by atoms with E-state index in [2.05, 4.69) is 5.32 Å². The van der Waals surface area contributed by atoms with Gasteiger partial charge in [0.15, 0.2) is 0 Å². The van der Waals surface area contributed by atoms with Crippen LogP contribution in [-0.2, 0) is 4.79 Å². The zero-order valence-corrected chi connectivity index (χ0v) is 11.4. The third-order valence-corrected chi connectivity index (χ3v) is 3.51. The van der Waals surface area contributed by atoms with Crippen LogP contribution in [0.4, 0.5) is 5.69 Å². The largest absolute Gasteiger partial charge is 0.399 e. The molecule has 2 rings (SSSR count). The van der Waals surface area contributed by atoms with Gasteiger partial charge in [0.25, 0.3) is 5.91 Å². The van der Waals surface area contributed by atoms with Crippen molar-refractivity contribution in [3.63, 3.8) is 0 Å². The zero-order chi connectivity index (χ0) is 14.0. The first-order valence-corrected chi connectivity index (χ1v) is 6.56. The van der Waals surface area contributed by atoms with Crippen LogP contribution in [0, 0.1) is 0 Å². The van der Waals surface area contributed by atoms with Crippen LogP contribution in [0.25, 0.3) is 0 Å². The van der Waals surface area contributed by atoms with Crippen molar-refractivity contribution in [2.75, 3.05) is 18.8 Å². The highest BCUT2D eigenvalue weighted by Crippen LogP contribution is 2.22. The SMILES string of the molecule is CCC1C(=O)NCCN1C(=O)c1ccc(N)cc1Cl. The highest BCUT2D eigenvalue weighted by Gasteiger charge is 2.32. The summed E-state index contributed by atoms with van der Waals surface area (Å²) in [5.74, 6) is -0.347. The standard InChI is InChI=1S/C13H16ClN3O2/c1-2-11-12(18)16-5-6-17(11)13(19)9-4-3-8(15)7-10(9)14/h3-4,7,11H,2,5-6,15H2,1H3,(H,16,18). The molecule has 1 aliphatic heterocycles. The molecular weight excluding hydrogens is 266 g/mol. The molecule has 6 heteroatoms. The van der Waals surface area contributed by atoms with Gasteiger partial charge in [-0.1, -0.05) is 18.5 Å². The Labute approximate surface area is 116 Å². The molecule has 1 saturated heterocycles. The number of nitrogen functional groups attached to an aromatic ring is 1. The van der Waals surface area contributed by atoms with Crippen LogP contribution < -0.4 is 11.1 Å². The number of rotatable bonds is 2. The molecule has 0 saturated carbocycles. The second-order valence-corrected chi connectivity index (χ2v) is 4.86. The molecule has 1 atom stereocenters. The molecule has 0 spiro atoms. The summed E-state index contributed by atoms with van der Waals surface area (Å²) in [4.78, 5) is 25.8. The number of nitrogens with one attached hydrogen (secondary N) is 1. The number of hydrogen-bond acceptors (Lipinski definition) is 3. The lowest BCUT2D eigenvalue weighted by atomic mass is 10.1. The molecule has 19 heavy (non-hydrogen) atoms. The summed E-state index contributed by atoms with van der Waals surface area (Å²) in [6.45, 7) is 2.83. The van der Waals surface area contributed by atoms with E-state index in [0.29, 0.717) is 35.8 Å². The Kier molecular flexibility index (Phi) is 3.95. The number of nitrogens with zero attached hydrogens (tertiary/aromatic N) is 1. The van der Waals surface area contributed by atoms with Crippen LogP contribution in [0.2, 0.25) is 5.02 Å². The summed E-state index contributed by atoms with van der Waals surface area (Å²) in [5.41, 5.74) is 6.49. The number of carbonyl (C=O) groups is 2. The van der Waals surface area contributed by atoms with Crippen molar-refractivity contribution in [1.82, 2.24) is 10.2 Å². The Balaban J connectivity index is 2.29. The average Bonchev–Trinajstić information content (AvgIpc) is 2.37. The van der Waals surface area contributed by atoms with Gasteiger partial charge < -0.3 is 16.0 Å². The van der Waals surface area contributed by atoms with Crippen LogP contribution in [0.15, 0.2) is 18.2 Å². The van der Waals surface area contributed by atoms with E-state index in [4.69, 9.17) is 17.3 Å². The molecule has 1 aromatic rings. The molecular formula is C13H16ClN3O2. The molecule has 0 bridgehead atoms. The maximum absolute atomic E-state index is 12.5. The number of amides is 2. The Morgan fingerprint density at radius 3 is 2.95 bits per heavy atom. The lowest BCUT2D eigenvalue weighted by Gasteiger charge is -2.34. The van der Waals surface area contributed by atoms with Crippen molar-refractivity contribution < 1.29 is 9.59 Å². The number of nitrogens with two attached hydrogens (primary N) is 1. The van der Waals surface area contributed by atoms with E-state index in [9.17, 15) is 9.59 Å². The molecule has 2 amide bonds. The van der Waals surface area contributed by atoms with Gasteiger partial charge in [0.1, 0.15) is 6.04 Å². The van der Waals surface area contributed by atoms with Crippen LogP contribution in [0.1, 0.15) is 23.7 Å². The van der Waals surface area contributed by atoms with E-state index < -0.39 is 6.04 Å². The van der Waals surface area contributed by atoms with E-state index in [1.165, 1.54) is 0 Å². The summed E-state index contributed by atoms with van der Waals surface area (Å²) in [7, 11) is 0. The van der Waals surface area contributed by atoms with Crippen molar-refractivity contribution in [1.29, 1.82) is 0 Å². The topological polar surface area (TPSA) is 75.4 Å². The highest BCUT2D eigenvalue weighted by molar-refractivity contribution is 6.34. The van der Waals surface area contributed by atoms with Crippen molar-refractivity contribution in [2.45, 2.75) is 19.4 Å². The predicted molar refractivity (Wildman–Crippen MR) is 74.0 cm³/mol. The van der Waals surface area contributed by atoms with Crippen molar-refractivity contribution in [3.8, 4) is 0 Å². The minimum absolute atomic E-state index is 0.117. The number of carbonyl (C=O) groups excluding carboxylic acids is 2. The Bertz CT molecular complexity index is 519. The Morgan fingerprint density at radius 1 is 1.58 bits per heavy atom. The average molecular weight is 282 g/mol. The molecule has 0 aromatic heterocycles. The summed E-state index contributed by atoms with van der Waals surface area (Å²) in [6.07, 6.45) is 0.574. The number of anilines is 1. The van der Waals surface area contributed by atoms with Crippen LogP contribution in [0.5, 0.6) is 0 Å². The fourth-order valence-corrected chi connectivity index (χ4v) is 2.49. The molecule has 3 N–H and O–H groups in total. The third-order valence-electron chi connectivity index (χ3n) is 3.20. The highest BCUT2D eigenvalue weighted by atomic mass is 35.5. The molecule has 1 fully saturated rings. The predicted octanol–water partition coefficient (Wildman–Crippen LogP) is 1.27. The van der Waals surface area contributed by atoms with E-state index in [-0.39, 0.29) is 11.8 Å². The van der Waals surface area contributed by atoms with Gasteiger partial charge in [-0.15, -0.1) is 0 Å². The summed E-state index contributed by atoms with van der Waals surface area (Å²) in [5, 5.41) is 3.07. The van der Waals surface area contributed by atoms with E-state index in [1.807, 2.05) is 6.92 Å². The molecule has 5 nitrogen and oxygen atoms in total. The molecule has 1 heterocycles. The van der Waals surface area contributed by atoms with Gasteiger partial charge in [0.2, 0.25) is 5.91 Å². The van der Waals surface area contributed by atoms with E-state index in [0.717, 1.165) is 0 Å². The minimum Gasteiger partial charge on any atom is -0.399 e. The van der Waals surface area contributed by atoms with Crippen LogP contribution in [0.3, 0.4) is 0 Å². The first-order chi connectivity index (χ1) is 9.04. The van der Waals surface area contributed by atoms with Crippen molar-refractivity contribution >= 4 is 29.1 Å². The van der Waals surface area contributed by atoms with Gasteiger partial charge in [-0.2, -0.15) is 0 Å². The van der Waals surface area contributed by atoms with Gasteiger partial charge in [-0.05, 0) is 24.6 Å². The summed E-state index contributed by atoms with van der Waals surface area (Å²) in [6, 6.07) is 4.33. The Morgan fingerprint density at radius 2 is 2.32 bits per heavy atom. The molecule has 0 aliphatic carbocycles. The van der Waals surface area contributed by atoms with E-state index in [1.54, 1.807) is 23.1 Å². The lowest BCUT2D eigenvalue weighted by Crippen LogP contribution is -2.56. The van der Waals surface area contributed by atoms with E-state index >= 15 is 0 Å². The fraction of sp³-hybridized carbons (Fsp3) is 0.385. The van der Waals surface area contributed by atoms with Crippen molar-refractivity contribution in [2.24, 2.45) is 0 Å². The summed E-state index contributed by atoms with van der Waals surface area (Å²) >= 11 is 6.04. The molecule has 0 radical (unpaired) electrons. The third kappa shape index (κ3) is 2.66. The fourth-order valence-electron chi connectivity index (χ4n) is 2.22. The molecule has 1 aromatic carbocycles. The van der Waals surface area contributed by atoms with Gasteiger partial charge in [0, 0.05) is 18.8 Å². The summed E-state index contributed by atoms with van der Waals surface area (Å²) < 4.78 is 0. The van der Waals surface area contributed by atoms with Gasteiger partial charge >= 0.3 is 0 Å². The van der Waals surface area contributed by atoms with Gasteiger partial charge in [-0.3, -0.25) is 9.59 Å². The first kappa shape index (κ1) is 13.7. The smallest absolute Gasteiger partial charge is 0.256 e. The first-order valence-electron chi connectivity index (χ1n) is 6.18. The van der Waals surface area contributed by atoms with Crippen LogP contribution >= 0.6 is 11.6 Å². The monoisotopic (exact) mass is 281 g/mol. The normalized spacial score (nSPS) is 19.2. The number of hydrogen-bond donors (Lipinski definition) is 2. The lowest BCUT2D eigenvalue weighted by molar-refractivity contribution is -0.127. The second kappa shape index (κ2) is 5.48. The molecule has 1 unspecified atom stereocenters. The molecule has 1 aliphatic rings. The van der Waals surface area contributed by atoms with Gasteiger partial charge in [-0.25, -0.2) is 0 Å². The van der Waals surface area contributed by atoms with Crippen molar-refractivity contribution in [3.05, 3.63) is 28.8 Å². The molecule has 102 valence electrons. The van der Waals surface area contributed by atoms with Crippen LogP contribution in [-0.4, -0.2) is 35.8 Å². The second-order valence-electron chi connectivity index (χ2n) is 4.45. The number of benzene rings is 1. The maximum Gasteiger partial charge on any atom is 0.256 e. The maximum atomic E-state index is 12.5. The van der Waals surface area contributed by atoms with Gasteiger partial charge in [0.05, 0.1) is 10.6 Å². The minimum atomic E-state index is -0.435. The Hall–Kier alpha value is -1.75. The number of halogens is 1. The quantitative estimate of drug-likeness (QED) is 0.802. The zero-order valence-electron chi connectivity index (χ0n) is 10.6. The number of piperazine rings is 1.